The van der Waals surface area contributed by atoms with Gasteiger partial charge in [0.05, 0.1) is 0 Å². The molecule has 0 nitrogen and oxygen atoms in total. The Balaban J connectivity index is 2.38. The summed E-state index contributed by atoms with van der Waals surface area (Å²) in [7, 11) is 0. The molecule has 0 amide bonds. The first kappa shape index (κ1) is 4.13. The van der Waals surface area contributed by atoms with Crippen molar-refractivity contribution in [2.24, 2.45) is 11.8 Å². The van der Waals surface area contributed by atoms with Crippen LogP contribution in [0.3, 0.4) is 0 Å². The molecule has 2 atom stereocenters. The van der Waals surface area contributed by atoms with E-state index < -0.39 is 0 Å². The Hall–Kier alpha value is -0.780. The Bertz CT molecular complexity index is 184. The summed E-state index contributed by atoms with van der Waals surface area (Å²) in [5, 5.41) is 0. The van der Waals surface area contributed by atoms with Crippen molar-refractivity contribution >= 4 is 0 Å². The first-order valence-corrected chi connectivity index (χ1v) is 2.93. The van der Waals surface area contributed by atoms with Crippen molar-refractivity contribution in [1.29, 1.82) is 0 Å². The van der Waals surface area contributed by atoms with Gasteiger partial charge in [-0.25, -0.2) is 0 Å². The van der Waals surface area contributed by atoms with Crippen molar-refractivity contribution in [1.82, 2.24) is 0 Å². The van der Waals surface area contributed by atoms with Gasteiger partial charge in [-0.05, 0) is 5.57 Å². The van der Waals surface area contributed by atoms with Gasteiger partial charge in [-0.2, -0.15) is 0 Å². The summed E-state index contributed by atoms with van der Waals surface area (Å²) >= 11 is 0. The van der Waals surface area contributed by atoms with Gasteiger partial charge in [0.25, 0.3) is 0 Å². The highest BCUT2D eigenvalue weighted by atomic mass is 14.3. The van der Waals surface area contributed by atoms with E-state index in [4.69, 9.17) is 0 Å². The van der Waals surface area contributed by atoms with E-state index in [1.54, 1.807) is 0 Å². The zero-order valence-electron chi connectivity index (χ0n) is 4.67. The average molecular weight is 104 g/mol. The third kappa shape index (κ3) is 0.313. The second-order valence-electron chi connectivity index (χ2n) is 2.42. The standard InChI is InChI=1S/C8H8/c1-6-2-3-7-4-5-8(6)7/h2-5,7-8H,1H2. The number of allylic oxidation sites excluding steroid dienone is 5. The van der Waals surface area contributed by atoms with Crippen LogP contribution in [0.15, 0.2) is 36.5 Å². The van der Waals surface area contributed by atoms with Crippen LogP contribution >= 0.6 is 0 Å². The largest absolute Gasteiger partial charge is 0.0952 e. The summed E-state index contributed by atoms with van der Waals surface area (Å²) in [5.41, 5.74) is 1.28. The summed E-state index contributed by atoms with van der Waals surface area (Å²) in [6.45, 7) is 3.90. The van der Waals surface area contributed by atoms with Crippen LogP contribution in [0.1, 0.15) is 0 Å². The molecule has 0 saturated carbocycles. The summed E-state index contributed by atoms with van der Waals surface area (Å²) in [6, 6.07) is 0. The zero-order valence-corrected chi connectivity index (χ0v) is 4.67. The highest BCUT2D eigenvalue weighted by Crippen LogP contribution is 2.37. The predicted octanol–water partition coefficient (Wildman–Crippen LogP) is 1.91. The smallest absolute Gasteiger partial charge is 0.0110 e. The van der Waals surface area contributed by atoms with Crippen LogP contribution in [-0.2, 0) is 0 Å². The Morgan fingerprint density at radius 2 is 2.12 bits per heavy atom. The molecule has 0 aromatic heterocycles. The molecule has 0 heterocycles. The molecule has 0 N–H and O–H groups in total. The fraction of sp³-hybridized carbons (Fsp3) is 0.250. The Morgan fingerprint density at radius 3 is 2.38 bits per heavy atom. The van der Waals surface area contributed by atoms with Crippen LogP contribution in [0.2, 0.25) is 0 Å². The molecule has 8 heavy (non-hydrogen) atoms. The molecule has 0 fully saturated rings. The predicted molar refractivity (Wildman–Crippen MR) is 34.4 cm³/mol. The lowest BCUT2D eigenvalue weighted by atomic mass is 9.83. The Labute approximate surface area is 49.2 Å². The van der Waals surface area contributed by atoms with Crippen LogP contribution in [-0.4, -0.2) is 0 Å². The minimum Gasteiger partial charge on any atom is -0.0952 e. The van der Waals surface area contributed by atoms with Crippen molar-refractivity contribution in [2.45, 2.75) is 0 Å². The molecule has 2 aliphatic rings. The van der Waals surface area contributed by atoms with E-state index in [9.17, 15) is 0 Å². The van der Waals surface area contributed by atoms with Gasteiger partial charge in [-0.1, -0.05) is 30.9 Å². The van der Waals surface area contributed by atoms with Crippen molar-refractivity contribution in [3.63, 3.8) is 0 Å². The van der Waals surface area contributed by atoms with Gasteiger partial charge in [-0.3, -0.25) is 0 Å². The van der Waals surface area contributed by atoms with E-state index in [1.165, 1.54) is 5.57 Å². The Kier molecular flexibility index (Phi) is 0.587. The van der Waals surface area contributed by atoms with Crippen LogP contribution in [0, 0.1) is 11.8 Å². The number of rotatable bonds is 0. The third-order valence-electron chi connectivity index (χ3n) is 1.92. The fourth-order valence-corrected chi connectivity index (χ4v) is 1.25. The van der Waals surface area contributed by atoms with Gasteiger partial charge < -0.3 is 0 Å². The van der Waals surface area contributed by atoms with E-state index in [1.807, 2.05) is 0 Å². The second kappa shape index (κ2) is 1.13. The molecule has 0 spiro atoms. The van der Waals surface area contributed by atoms with Gasteiger partial charge >= 0.3 is 0 Å². The molecule has 40 valence electrons. The molecule has 0 saturated heterocycles. The minimum absolute atomic E-state index is 0.676. The molecular formula is C8H8. The highest BCUT2D eigenvalue weighted by Gasteiger charge is 2.26. The molecular weight excluding hydrogens is 96.1 g/mol. The first-order valence-electron chi connectivity index (χ1n) is 2.93. The van der Waals surface area contributed by atoms with Crippen molar-refractivity contribution < 1.29 is 0 Å². The lowest BCUT2D eigenvalue weighted by molar-refractivity contribution is 0.618. The van der Waals surface area contributed by atoms with Crippen LogP contribution < -0.4 is 0 Å². The second-order valence-corrected chi connectivity index (χ2v) is 2.42. The Morgan fingerprint density at radius 1 is 1.25 bits per heavy atom. The van der Waals surface area contributed by atoms with Crippen molar-refractivity contribution in [2.75, 3.05) is 0 Å². The average Bonchev–Trinajstić information content (AvgIpc) is 1.80. The van der Waals surface area contributed by atoms with Gasteiger partial charge in [0.2, 0.25) is 0 Å². The molecule has 0 aromatic carbocycles. The van der Waals surface area contributed by atoms with Gasteiger partial charge in [0.15, 0.2) is 0 Å². The summed E-state index contributed by atoms with van der Waals surface area (Å²) in [4.78, 5) is 0. The maximum atomic E-state index is 3.90. The van der Waals surface area contributed by atoms with Crippen LogP contribution in [0.4, 0.5) is 0 Å². The summed E-state index contributed by atoms with van der Waals surface area (Å²) in [5.74, 6) is 1.39. The van der Waals surface area contributed by atoms with Crippen molar-refractivity contribution in [3.05, 3.63) is 36.5 Å². The molecule has 0 bridgehead atoms. The van der Waals surface area contributed by atoms with E-state index in [-0.39, 0.29) is 0 Å². The van der Waals surface area contributed by atoms with Gasteiger partial charge in [0, 0.05) is 11.8 Å². The summed E-state index contributed by atoms with van der Waals surface area (Å²) in [6.07, 6.45) is 8.77. The maximum Gasteiger partial charge on any atom is 0.0110 e. The van der Waals surface area contributed by atoms with Crippen molar-refractivity contribution in [3.8, 4) is 0 Å². The van der Waals surface area contributed by atoms with Crippen LogP contribution in [0.5, 0.6) is 0 Å². The molecule has 2 aliphatic carbocycles. The van der Waals surface area contributed by atoms with E-state index in [2.05, 4.69) is 30.9 Å². The zero-order chi connectivity index (χ0) is 5.56. The highest BCUT2D eigenvalue weighted by molar-refractivity contribution is 5.39. The quantitative estimate of drug-likeness (QED) is 0.412. The number of hydrogen-bond acceptors (Lipinski definition) is 0. The van der Waals surface area contributed by atoms with E-state index in [0.29, 0.717) is 11.8 Å². The molecule has 2 unspecified atom stereocenters. The van der Waals surface area contributed by atoms with Gasteiger partial charge in [0.1, 0.15) is 0 Å². The van der Waals surface area contributed by atoms with E-state index in [0.717, 1.165) is 0 Å². The summed E-state index contributed by atoms with van der Waals surface area (Å²) < 4.78 is 0. The molecule has 0 aliphatic heterocycles. The topological polar surface area (TPSA) is 0 Å². The van der Waals surface area contributed by atoms with E-state index >= 15 is 0 Å². The maximum absolute atomic E-state index is 3.90. The van der Waals surface area contributed by atoms with Crippen LogP contribution in [0.25, 0.3) is 0 Å². The normalized spacial score (nSPS) is 39.8. The molecule has 0 aromatic rings. The molecule has 0 radical (unpaired) electrons. The number of hydrogen-bond donors (Lipinski definition) is 0. The fourth-order valence-electron chi connectivity index (χ4n) is 1.25. The lowest BCUT2D eigenvalue weighted by Crippen LogP contribution is -2.11. The first-order chi connectivity index (χ1) is 3.88. The molecule has 2 rings (SSSR count). The molecule has 0 heteroatoms. The third-order valence-corrected chi connectivity index (χ3v) is 1.92. The van der Waals surface area contributed by atoms with Gasteiger partial charge in [-0.15, -0.1) is 0 Å². The monoisotopic (exact) mass is 104 g/mol. The lowest BCUT2D eigenvalue weighted by Gasteiger charge is -2.21. The SMILES string of the molecule is C=C1C=CC2C=CC12. The number of fused-ring (bicyclic) bond motifs is 1. The minimum atomic E-state index is 0.676.